The number of thiazole rings is 1. The highest BCUT2D eigenvalue weighted by atomic mass is 32.1. The summed E-state index contributed by atoms with van der Waals surface area (Å²) < 4.78 is 20.5. The molecule has 176 valence electrons. The van der Waals surface area contributed by atoms with Crippen molar-refractivity contribution < 1.29 is 23.8 Å². The molecule has 1 aliphatic rings. The van der Waals surface area contributed by atoms with Crippen LogP contribution in [0.4, 0.5) is 9.52 Å². The summed E-state index contributed by atoms with van der Waals surface area (Å²) in [4.78, 5) is 32.4. The lowest BCUT2D eigenvalue weighted by atomic mass is 9.95. The highest BCUT2D eigenvalue weighted by Crippen LogP contribution is 2.44. The van der Waals surface area contributed by atoms with E-state index < -0.39 is 23.5 Å². The Morgan fingerprint density at radius 3 is 2.60 bits per heavy atom. The van der Waals surface area contributed by atoms with Crippen LogP contribution in [0.2, 0.25) is 0 Å². The number of nitrogens with zero attached hydrogens (tertiary/aromatic N) is 2. The molecule has 6 nitrogen and oxygen atoms in total. The summed E-state index contributed by atoms with van der Waals surface area (Å²) in [5, 5.41) is 11.5. The van der Waals surface area contributed by atoms with Crippen LogP contribution in [-0.2, 0) is 9.59 Å². The standard InChI is InChI=1S/C27H21FN2O4S/c1-3-34-19-10-8-16(9-11-19)24(31)22-23(17-5-4-6-18(28)14-17)30(26(33)25(22)32)27-29-20-12-7-15(2)13-21(20)35-27/h4-14,23,31H,3H2,1-2H3/t23-/m1/s1. The number of benzene rings is 3. The molecule has 1 aliphatic heterocycles. The Bertz CT molecular complexity index is 1490. The summed E-state index contributed by atoms with van der Waals surface area (Å²) in [6.07, 6.45) is 0. The van der Waals surface area contributed by atoms with Crippen molar-refractivity contribution in [2.24, 2.45) is 0 Å². The number of rotatable bonds is 5. The van der Waals surface area contributed by atoms with Gasteiger partial charge in [0.15, 0.2) is 5.13 Å². The predicted octanol–water partition coefficient (Wildman–Crippen LogP) is 5.77. The summed E-state index contributed by atoms with van der Waals surface area (Å²) in [5.74, 6) is -1.95. The van der Waals surface area contributed by atoms with E-state index in [2.05, 4.69) is 4.98 Å². The number of aliphatic hydroxyl groups excluding tert-OH is 1. The topological polar surface area (TPSA) is 79.7 Å². The largest absolute Gasteiger partial charge is 0.507 e. The molecule has 1 amide bonds. The maximum absolute atomic E-state index is 14.2. The first-order valence-corrected chi connectivity index (χ1v) is 11.9. The van der Waals surface area contributed by atoms with Crippen molar-refractivity contribution in [3.8, 4) is 5.75 Å². The second-order valence-corrected chi connectivity index (χ2v) is 9.16. The normalized spacial score (nSPS) is 17.3. The van der Waals surface area contributed by atoms with E-state index in [1.165, 1.54) is 34.4 Å². The SMILES string of the molecule is CCOc1ccc(C(O)=C2C(=O)C(=O)N(c3nc4ccc(C)cc4s3)[C@@H]2c2cccc(F)c2)cc1. The number of aromatic nitrogens is 1. The number of ketones is 1. The minimum absolute atomic E-state index is 0.125. The van der Waals surface area contributed by atoms with Crippen molar-refractivity contribution in [3.05, 3.63) is 94.8 Å². The van der Waals surface area contributed by atoms with Crippen molar-refractivity contribution in [3.63, 3.8) is 0 Å². The van der Waals surface area contributed by atoms with Gasteiger partial charge in [-0.25, -0.2) is 9.37 Å². The summed E-state index contributed by atoms with van der Waals surface area (Å²) in [6.45, 7) is 4.30. The molecule has 1 fully saturated rings. The number of Topliss-reactive ketones (excluding diaryl/α,β-unsaturated/α-hetero) is 1. The second-order valence-electron chi connectivity index (χ2n) is 8.15. The monoisotopic (exact) mass is 488 g/mol. The Balaban J connectivity index is 1.69. The van der Waals surface area contributed by atoms with Gasteiger partial charge in [-0.05, 0) is 73.5 Å². The number of hydrogen-bond acceptors (Lipinski definition) is 6. The van der Waals surface area contributed by atoms with Gasteiger partial charge in [-0.1, -0.05) is 29.5 Å². The molecular formula is C27H21FN2O4S. The number of aryl methyl sites for hydroxylation is 1. The number of anilines is 1. The first kappa shape index (κ1) is 22.7. The first-order valence-electron chi connectivity index (χ1n) is 11.0. The van der Waals surface area contributed by atoms with Gasteiger partial charge in [0.05, 0.1) is 28.4 Å². The quantitative estimate of drug-likeness (QED) is 0.219. The van der Waals surface area contributed by atoms with E-state index in [-0.39, 0.29) is 11.3 Å². The van der Waals surface area contributed by atoms with Crippen LogP contribution in [-0.4, -0.2) is 28.4 Å². The molecular weight excluding hydrogens is 467 g/mol. The average Bonchev–Trinajstić information content (AvgIpc) is 3.37. The maximum atomic E-state index is 14.2. The number of hydrogen-bond donors (Lipinski definition) is 1. The van der Waals surface area contributed by atoms with E-state index in [0.717, 1.165) is 10.3 Å². The first-order chi connectivity index (χ1) is 16.9. The predicted molar refractivity (Wildman–Crippen MR) is 133 cm³/mol. The van der Waals surface area contributed by atoms with E-state index in [1.54, 1.807) is 30.3 Å². The number of carbonyl (C=O) groups excluding carboxylic acids is 2. The molecule has 35 heavy (non-hydrogen) atoms. The minimum atomic E-state index is -1.04. The van der Waals surface area contributed by atoms with Crippen molar-refractivity contribution in [2.45, 2.75) is 19.9 Å². The number of aliphatic hydroxyl groups is 1. The zero-order valence-corrected chi connectivity index (χ0v) is 19.8. The maximum Gasteiger partial charge on any atom is 0.301 e. The molecule has 8 heteroatoms. The van der Waals surface area contributed by atoms with E-state index in [4.69, 9.17) is 4.74 Å². The number of fused-ring (bicyclic) bond motifs is 1. The van der Waals surface area contributed by atoms with Crippen molar-refractivity contribution in [2.75, 3.05) is 11.5 Å². The van der Waals surface area contributed by atoms with E-state index in [9.17, 15) is 19.1 Å². The third-order valence-corrected chi connectivity index (χ3v) is 6.80. The Morgan fingerprint density at radius 2 is 1.89 bits per heavy atom. The summed E-state index contributed by atoms with van der Waals surface area (Å²) in [6, 6.07) is 16.9. The number of halogens is 1. The Hall–Kier alpha value is -4.04. The molecule has 2 heterocycles. The van der Waals surface area contributed by atoms with E-state index in [0.29, 0.717) is 34.1 Å². The molecule has 1 atom stereocenters. The second kappa shape index (κ2) is 8.96. The Labute approximate surface area is 204 Å². The molecule has 0 spiro atoms. The van der Waals surface area contributed by atoms with Crippen molar-refractivity contribution >= 4 is 44.1 Å². The smallest absolute Gasteiger partial charge is 0.301 e. The van der Waals surface area contributed by atoms with Gasteiger partial charge in [0, 0.05) is 5.56 Å². The molecule has 0 saturated carbocycles. The third-order valence-electron chi connectivity index (χ3n) is 5.79. The van der Waals surface area contributed by atoms with Gasteiger partial charge < -0.3 is 9.84 Å². The Morgan fingerprint density at radius 1 is 1.11 bits per heavy atom. The fourth-order valence-electron chi connectivity index (χ4n) is 4.18. The van der Waals surface area contributed by atoms with Gasteiger partial charge in [0.2, 0.25) is 0 Å². The number of amides is 1. The lowest BCUT2D eigenvalue weighted by Gasteiger charge is -2.23. The molecule has 0 bridgehead atoms. The molecule has 3 aromatic carbocycles. The Kier molecular flexibility index (Phi) is 5.82. The van der Waals surface area contributed by atoms with Gasteiger partial charge in [-0.2, -0.15) is 0 Å². The van der Waals surface area contributed by atoms with Crippen LogP contribution in [0.5, 0.6) is 5.75 Å². The zero-order valence-electron chi connectivity index (χ0n) is 19.0. The lowest BCUT2D eigenvalue weighted by molar-refractivity contribution is -0.132. The molecule has 1 N–H and O–H groups in total. The van der Waals surface area contributed by atoms with Crippen LogP contribution < -0.4 is 9.64 Å². The van der Waals surface area contributed by atoms with Crippen LogP contribution >= 0.6 is 11.3 Å². The molecule has 0 aliphatic carbocycles. The fourth-order valence-corrected chi connectivity index (χ4v) is 5.27. The molecule has 5 rings (SSSR count). The zero-order chi connectivity index (χ0) is 24.7. The van der Waals surface area contributed by atoms with E-state index in [1.807, 2.05) is 32.0 Å². The van der Waals surface area contributed by atoms with Crippen LogP contribution in [0.1, 0.15) is 29.7 Å². The highest BCUT2D eigenvalue weighted by Gasteiger charge is 2.48. The fraction of sp³-hybridized carbons (Fsp3) is 0.148. The third kappa shape index (κ3) is 4.06. The van der Waals surface area contributed by atoms with Gasteiger partial charge in [-0.3, -0.25) is 14.5 Å². The van der Waals surface area contributed by atoms with Crippen LogP contribution in [0, 0.1) is 12.7 Å². The molecule has 0 radical (unpaired) electrons. The van der Waals surface area contributed by atoms with Gasteiger partial charge in [0.1, 0.15) is 17.3 Å². The minimum Gasteiger partial charge on any atom is -0.507 e. The lowest BCUT2D eigenvalue weighted by Crippen LogP contribution is -2.29. The summed E-state index contributed by atoms with van der Waals surface area (Å²) in [7, 11) is 0. The number of ether oxygens (including phenoxy) is 1. The molecule has 1 saturated heterocycles. The van der Waals surface area contributed by atoms with Crippen molar-refractivity contribution in [1.29, 1.82) is 0 Å². The van der Waals surface area contributed by atoms with Crippen LogP contribution in [0.15, 0.2) is 72.3 Å². The van der Waals surface area contributed by atoms with Crippen LogP contribution in [0.25, 0.3) is 16.0 Å². The van der Waals surface area contributed by atoms with Crippen LogP contribution in [0.3, 0.4) is 0 Å². The molecule has 4 aromatic rings. The average molecular weight is 489 g/mol. The van der Waals surface area contributed by atoms with Gasteiger partial charge in [0.25, 0.3) is 5.78 Å². The summed E-state index contributed by atoms with van der Waals surface area (Å²) >= 11 is 1.26. The van der Waals surface area contributed by atoms with E-state index >= 15 is 0 Å². The van der Waals surface area contributed by atoms with Gasteiger partial charge in [-0.15, -0.1) is 0 Å². The molecule has 0 unspecified atom stereocenters. The van der Waals surface area contributed by atoms with Gasteiger partial charge >= 0.3 is 5.91 Å². The number of carbonyl (C=O) groups is 2. The molecule has 1 aromatic heterocycles. The van der Waals surface area contributed by atoms with Crippen molar-refractivity contribution in [1.82, 2.24) is 4.98 Å². The summed E-state index contributed by atoms with van der Waals surface area (Å²) in [5.41, 5.74) is 2.29. The highest BCUT2D eigenvalue weighted by molar-refractivity contribution is 7.22.